The second-order valence-electron chi connectivity index (χ2n) is 11.2. The second-order valence-corrected chi connectivity index (χ2v) is 13.2. The van der Waals surface area contributed by atoms with Crippen molar-refractivity contribution in [3.05, 3.63) is 161 Å². The van der Waals surface area contributed by atoms with Gasteiger partial charge < -0.3 is 9.30 Å². The molecule has 3 heterocycles. The van der Waals surface area contributed by atoms with Crippen molar-refractivity contribution >= 4 is 49.9 Å². The van der Waals surface area contributed by atoms with E-state index in [0.717, 1.165) is 62.1 Å². The molecule has 0 saturated carbocycles. The molecule has 2 aromatic heterocycles. The smallest absolute Gasteiger partial charge is 0.271 e. The third kappa shape index (κ3) is 4.59. The van der Waals surface area contributed by atoms with Crippen LogP contribution in [0.1, 0.15) is 40.3 Å². The molecule has 0 unspecified atom stereocenters. The molecule has 0 saturated heterocycles. The van der Waals surface area contributed by atoms with Gasteiger partial charge in [-0.05, 0) is 71.5 Å². The van der Waals surface area contributed by atoms with Crippen molar-refractivity contribution in [1.29, 1.82) is 0 Å². The average molecular weight is 659 g/mol. The number of rotatable bonds is 5. The molecule has 1 aliphatic carbocycles. The molecular weight excluding hydrogens is 630 g/mol. The monoisotopic (exact) mass is 657 g/mol. The van der Waals surface area contributed by atoms with Gasteiger partial charge in [-0.3, -0.25) is 9.36 Å². The van der Waals surface area contributed by atoms with E-state index in [9.17, 15) is 4.79 Å². The predicted molar refractivity (Wildman–Crippen MR) is 181 cm³/mol. The van der Waals surface area contributed by atoms with Gasteiger partial charge in [-0.25, -0.2) is 4.99 Å². The maximum Gasteiger partial charge on any atom is 0.271 e. The first kappa shape index (κ1) is 27.1. The van der Waals surface area contributed by atoms with Crippen LogP contribution in [0.2, 0.25) is 0 Å². The van der Waals surface area contributed by atoms with E-state index in [4.69, 9.17) is 9.73 Å². The van der Waals surface area contributed by atoms with Gasteiger partial charge in [-0.2, -0.15) is 0 Å². The lowest BCUT2D eigenvalue weighted by Crippen LogP contribution is -2.38. The molecular formula is C37H28BrN3O2S. The van der Waals surface area contributed by atoms with Gasteiger partial charge in [0.1, 0.15) is 5.75 Å². The molecule has 8 rings (SSSR count). The van der Waals surface area contributed by atoms with Crippen molar-refractivity contribution in [2.45, 2.75) is 25.4 Å². The molecule has 0 bridgehead atoms. The maximum absolute atomic E-state index is 14.3. The van der Waals surface area contributed by atoms with Gasteiger partial charge in [0.05, 0.1) is 23.4 Å². The number of benzene rings is 4. The molecule has 2 aliphatic rings. The molecule has 216 valence electrons. The fourth-order valence-corrected chi connectivity index (χ4v) is 7.81. The van der Waals surface area contributed by atoms with Gasteiger partial charge >= 0.3 is 0 Å². The van der Waals surface area contributed by atoms with E-state index in [-0.39, 0.29) is 11.6 Å². The van der Waals surface area contributed by atoms with Crippen LogP contribution in [0.15, 0.2) is 123 Å². The highest BCUT2D eigenvalue weighted by atomic mass is 79.9. The van der Waals surface area contributed by atoms with Gasteiger partial charge in [-0.1, -0.05) is 94.0 Å². The molecule has 1 atom stereocenters. The Morgan fingerprint density at radius 3 is 2.55 bits per heavy atom. The second kappa shape index (κ2) is 10.9. The van der Waals surface area contributed by atoms with E-state index >= 15 is 0 Å². The summed E-state index contributed by atoms with van der Waals surface area (Å²) in [5.74, 6) is 0.795. The zero-order valence-corrected chi connectivity index (χ0v) is 26.4. The van der Waals surface area contributed by atoms with Crippen LogP contribution >= 0.6 is 27.3 Å². The van der Waals surface area contributed by atoms with Crippen molar-refractivity contribution in [2.24, 2.45) is 4.99 Å². The van der Waals surface area contributed by atoms with Crippen LogP contribution in [0, 0.1) is 0 Å². The maximum atomic E-state index is 14.3. The number of allylic oxidation sites excluding steroid dienone is 1. The molecule has 0 N–H and O–H groups in total. The number of nitrogens with zero attached hydrogens (tertiary/aromatic N) is 3. The zero-order valence-electron chi connectivity index (χ0n) is 24.0. The van der Waals surface area contributed by atoms with Crippen LogP contribution in [0.4, 0.5) is 0 Å². The topological polar surface area (TPSA) is 48.5 Å². The Hall–Kier alpha value is -4.46. The van der Waals surface area contributed by atoms with Gasteiger partial charge in [-0.15, -0.1) is 0 Å². The molecule has 4 aromatic carbocycles. The molecule has 1 aliphatic heterocycles. The Bertz CT molecular complexity index is 2270. The molecule has 0 fully saturated rings. The van der Waals surface area contributed by atoms with Crippen LogP contribution < -0.4 is 19.6 Å². The molecule has 5 nitrogen and oxygen atoms in total. The normalized spacial score (nSPS) is 16.0. The van der Waals surface area contributed by atoms with E-state index in [1.807, 2.05) is 22.8 Å². The molecule has 0 amide bonds. The number of aromatic nitrogens is 2. The van der Waals surface area contributed by atoms with Gasteiger partial charge in [0.15, 0.2) is 4.80 Å². The largest absolute Gasteiger partial charge is 0.497 e. The Kier molecular flexibility index (Phi) is 6.73. The molecule has 0 spiro atoms. The minimum atomic E-state index is -0.221. The Morgan fingerprint density at radius 2 is 1.73 bits per heavy atom. The van der Waals surface area contributed by atoms with E-state index in [2.05, 4.69) is 112 Å². The SMILES string of the molecule is COc1ccc([C@H]2C3=C(N=c4s/c(=C/c5cn(Cc6ccc(Br)cc6)c6ccccc56)c(=O)n42)c2ccccc2CC3)cc1. The highest BCUT2D eigenvalue weighted by Crippen LogP contribution is 2.41. The highest BCUT2D eigenvalue weighted by molar-refractivity contribution is 9.10. The third-order valence-corrected chi connectivity index (χ3v) is 10.2. The first-order valence-corrected chi connectivity index (χ1v) is 16.3. The lowest BCUT2D eigenvalue weighted by atomic mass is 9.83. The number of para-hydroxylation sites is 1. The van der Waals surface area contributed by atoms with E-state index in [1.165, 1.54) is 33.6 Å². The summed E-state index contributed by atoms with van der Waals surface area (Å²) in [4.78, 5) is 20.2. The summed E-state index contributed by atoms with van der Waals surface area (Å²) in [7, 11) is 1.67. The van der Waals surface area contributed by atoms with Crippen molar-refractivity contribution < 1.29 is 4.74 Å². The summed E-state index contributed by atoms with van der Waals surface area (Å²) in [6, 6.07) is 33.2. The van der Waals surface area contributed by atoms with Gasteiger partial charge in [0, 0.05) is 39.2 Å². The van der Waals surface area contributed by atoms with Crippen LogP contribution in [0.25, 0.3) is 22.7 Å². The minimum absolute atomic E-state index is 0.00952. The number of methoxy groups -OCH3 is 1. The zero-order chi connectivity index (χ0) is 29.8. The number of fused-ring (bicyclic) bond motifs is 4. The summed E-state index contributed by atoms with van der Waals surface area (Å²) in [6.07, 6.45) is 6.00. The van der Waals surface area contributed by atoms with Crippen molar-refractivity contribution in [2.75, 3.05) is 7.11 Å². The van der Waals surface area contributed by atoms with Crippen LogP contribution in [0.5, 0.6) is 5.75 Å². The Labute approximate surface area is 266 Å². The Balaban J connectivity index is 1.31. The molecule has 6 aromatic rings. The minimum Gasteiger partial charge on any atom is -0.497 e. The summed E-state index contributed by atoms with van der Waals surface area (Å²) in [5.41, 5.74) is 9.10. The molecule has 7 heteroatoms. The van der Waals surface area contributed by atoms with E-state index < -0.39 is 0 Å². The summed E-state index contributed by atoms with van der Waals surface area (Å²) >= 11 is 5.01. The fraction of sp³-hybridized carbons (Fsp3) is 0.135. The third-order valence-electron chi connectivity index (χ3n) is 8.68. The standard InChI is InChI=1S/C37H28BrN3O2S/c1-43-28-17-12-25(13-18-28)35-31-19-14-24-6-2-3-8-30(24)34(31)39-37-41(35)36(42)33(44-37)20-26-22-40(32-9-5-4-7-29(26)32)21-23-10-15-27(38)16-11-23/h2-13,15-18,20,22,35H,14,19,21H2,1H3/b33-20+/t35-/m0/s1. The predicted octanol–water partition coefficient (Wildman–Crippen LogP) is 7.09. The van der Waals surface area contributed by atoms with E-state index in [0.29, 0.717) is 4.53 Å². The number of halogens is 1. The molecule has 0 radical (unpaired) electrons. The fourth-order valence-electron chi connectivity index (χ4n) is 6.56. The first-order chi connectivity index (χ1) is 21.6. The van der Waals surface area contributed by atoms with Crippen LogP contribution in [-0.2, 0) is 13.0 Å². The number of hydrogen-bond acceptors (Lipinski definition) is 4. The average Bonchev–Trinajstić information content (AvgIpc) is 3.57. The quantitative estimate of drug-likeness (QED) is 0.199. The molecule has 44 heavy (non-hydrogen) atoms. The lowest BCUT2D eigenvalue weighted by Gasteiger charge is -2.30. The van der Waals surface area contributed by atoms with Crippen molar-refractivity contribution in [3.63, 3.8) is 0 Å². The summed E-state index contributed by atoms with van der Waals surface area (Å²) in [6.45, 7) is 0.743. The number of hydrogen-bond donors (Lipinski definition) is 0. The number of thiazole rings is 1. The number of ether oxygens (including phenoxy) is 1. The van der Waals surface area contributed by atoms with Gasteiger partial charge in [0.2, 0.25) is 0 Å². The van der Waals surface area contributed by atoms with Gasteiger partial charge in [0.25, 0.3) is 5.56 Å². The van der Waals surface area contributed by atoms with Crippen LogP contribution in [-0.4, -0.2) is 16.2 Å². The lowest BCUT2D eigenvalue weighted by molar-refractivity contribution is 0.414. The van der Waals surface area contributed by atoms with Crippen LogP contribution in [0.3, 0.4) is 0 Å². The first-order valence-electron chi connectivity index (χ1n) is 14.7. The number of aryl methyl sites for hydroxylation is 1. The Morgan fingerprint density at radius 1 is 0.955 bits per heavy atom. The van der Waals surface area contributed by atoms with Crippen molar-refractivity contribution in [3.8, 4) is 5.75 Å². The van der Waals surface area contributed by atoms with Crippen molar-refractivity contribution in [1.82, 2.24) is 9.13 Å². The highest BCUT2D eigenvalue weighted by Gasteiger charge is 2.32. The summed E-state index contributed by atoms with van der Waals surface area (Å²) in [5, 5.41) is 1.12. The van der Waals surface area contributed by atoms with E-state index in [1.54, 1.807) is 7.11 Å². The summed E-state index contributed by atoms with van der Waals surface area (Å²) < 4.78 is 11.4.